The van der Waals surface area contributed by atoms with Crippen LogP contribution >= 0.6 is 0 Å². The van der Waals surface area contributed by atoms with Crippen LogP contribution in [0.3, 0.4) is 0 Å². The molecule has 0 unspecified atom stereocenters. The number of ketones is 1. The molecule has 1 aromatic rings. The molecule has 0 spiro atoms. The van der Waals surface area contributed by atoms with Crippen molar-refractivity contribution in [2.45, 2.75) is 64.0 Å². The summed E-state index contributed by atoms with van der Waals surface area (Å²) in [5, 5.41) is 3.42. The highest BCUT2D eigenvalue weighted by Crippen LogP contribution is 2.33. The van der Waals surface area contributed by atoms with E-state index in [-0.39, 0.29) is 17.4 Å². The molecule has 0 saturated heterocycles. The van der Waals surface area contributed by atoms with E-state index in [2.05, 4.69) is 5.32 Å². The maximum absolute atomic E-state index is 12.8. The molecule has 0 heterocycles. The molecule has 2 rings (SSSR count). The summed E-state index contributed by atoms with van der Waals surface area (Å²) in [4.78, 5) is 12.8. The molecule has 1 aliphatic carbocycles. The third-order valence-electron chi connectivity index (χ3n) is 4.39. The van der Waals surface area contributed by atoms with Crippen molar-refractivity contribution >= 4 is 5.78 Å². The van der Waals surface area contributed by atoms with Gasteiger partial charge in [-0.1, -0.05) is 31.4 Å². The summed E-state index contributed by atoms with van der Waals surface area (Å²) in [6.07, 6.45) is 6.50. The Morgan fingerprint density at radius 1 is 1.24 bits per heavy atom. The maximum Gasteiger partial charge on any atom is 0.168 e. The fraction of sp³-hybridized carbons (Fsp3) is 0.611. The van der Waals surface area contributed by atoms with Crippen LogP contribution < -0.4 is 10.1 Å². The van der Waals surface area contributed by atoms with Crippen LogP contribution in [0.25, 0.3) is 0 Å². The fourth-order valence-corrected chi connectivity index (χ4v) is 3.20. The Morgan fingerprint density at radius 2 is 1.90 bits per heavy atom. The Morgan fingerprint density at radius 3 is 2.52 bits per heavy atom. The minimum atomic E-state index is -0.0275. The minimum absolute atomic E-state index is 0.0275. The minimum Gasteiger partial charge on any atom is -0.490 e. The highest BCUT2D eigenvalue weighted by molar-refractivity contribution is 5.99. The van der Waals surface area contributed by atoms with E-state index in [0.717, 1.165) is 12.8 Å². The van der Waals surface area contributed by atoms with Crippen molar-refractivity contribution in [2.24, 2.45) is 0 Å². The number of hydrogen-bond donors (Lipinski definition) is 1. The van der Waals surface area contributed by atoms with Gasteiger partial charge >= 0.3 is 0 Å². The molecule has 1 N–H and O–H groups in total. The number of Topliss-reactive ketones (excluding diaryl/α,β-unsaturated/α-hetero) is 1. The van der Waals surface area contributed by atoms with Gasteiger partial charge in [0.25, 0.3) is 0 Å². The summed E-state index contributed by atoms with van der Waals surface area (Å²) in [6, 6.07) is 7.60. The van der Waals surface area contributed by atoms with E-state index in [4.69, 9.17) is 4.74 Å². The SMILES string of the molecule is CNC1(CC(=O)c2ccccc2OC(C)C)CCCCC1. The Bertz CT molecular complexity index is 476. The summed E-state index contributed by atoms with van der Waals surface area (Å²) in [7, 11) is 1.98. The lowest BCUT2D eigenvalue weighted by molar-refractivity contribution is 0.0909. The molecule has 3 heteroatoms. The Labute approximate surface area is 128 Å². The zero-order valence-electron chi connectivity index (χ0n) is 13.4. The van der Waals surface area contributed by atoms with Gasteiger partial charge in [0.15, 0.2) is 5.78 Å². The first-order valence-electron chi connectivity index (χ1n) is 8.04. The first-order chi connectivity index (χ1) is 10.1. The number of para-hydroxylation sites is 1. The van der Waals surface area contributed by atoms with Crippen LogP contribution in [0.1, 0.15) is 62.7 Å². The molecule has 1 saturated carbocycles. The van der Waals surface area contributed by atoms with Crippen molar-refractivity contribution < 1.29 is 9.53 Å². The molecule has 21 heavy (non-hydrogen) atoms. The lowest BCUT2D eigenvalue weighted by atomic mass is 9.77. The molecular weight excluding hydrogens is 262 g/mol. The molecular formula is C18H27NO2. The zero-order chi connectivity index (χ0) is 15.3. The van der Waals surface area contributed by atoms with Crippen LogP contribution in [0.2, 0.25) is 0 Å². The van der Waals surface area contributed by atoms with Gasteiger partial charge in [-0.15, -0.1) is 0 Å². The second kappa shape index (κ2) is 7.08. The monoisotopic (exact) mass is 289 g/mol. The number of benzene rings is 1. The van der Waals surface area contributed by atoms with Gasteiger partial charge in [0, 0.05) is 12.0 Å². The molecule has 0 atom stereocenters. The largest absolute Gasteiger partial charge is 0.490 e. The average Bonchev–Trinajstić information content (AvgIpc) is 2.48. The van der Waals surface area contributed by atoms with Crippen LogP contribution in [-0.2, 0) is 0 Å². The number of carbonyl (C=O) groups excluding carboxylic acids is 1. The highest BCUT2D eigenvalue weighted by atomic mass is 16.5. The van der Waals surface area contributed by atoms with E-state index < -0.39 is 0 Å². The van der Waals surface area contributed by atoms with E-state index >= 15 is 0 Å². The van der Waals surface area contributed by atoms with Crippen molar-refractivity contribution in [1.82, 2.24) is 5.32 Å². The fourth-order valence-electron chi connectivity index (χ4n) is 3.20. The van der Waals surface area contributed by atoms with E-state index in [1.54, 1.807) is 0 Å². The van der Waals surface area contributed by atoms with Gasteiger partial charge in [0.2, 0.25) is 0 Å². The van der Waals surface area contributed by atoms with E-state index in [9.17, 15) is 4.79 Å². The smallest absolute Gasteiger partial charge is 0.168 e. The quantitative estimate of drug-likeness (QED) is 0.805. The van der Waals surface area contributed by atoms with Crippen molar-refractivity contribution in [1.29, 1.82) is 0 Å². The molecule has 0 amide bonds. The van der Waals surface area contributed by atoms with Crippen molar-refractivity contribution in [3.05, 3.63) is 29.8 Å². The molecule has 0 aliphatic heterocycles. The zero-order valence-corrected chi connectivity index (χ0v) is 13.4. The first kappa shape index (κ1) is 16.0. The topological polar surface area (TPSA) is 38.3 Å². The lowest BCUT2D eigenvalue weighted by Gasteiger charge is -2.36. The van der Waals surface area contributed by atoms with Gasteiger partial charge in [-0.2, -0.15) is 0 Å². The molecule has 0 bridgehead atoms. The molecule has 3 nitrogen and oxygen atoms in total. The first-order valence-corrected chi connectivity index (χ1v) is 8.04. The summed E-state index contributed by atoms with van der Waals surface area (Å²) in [5.41, 5.74) is 0.687. The van der Waals surface area contributed by atoms with E-state index in [0.29, 0.717) is 17.7 Å². The summed E-state index contributed by atoms with van der Waals surface area (Å²) in [6.45, 7) is 3.97. The molecule has 0 aromatic heterocycles. The van der Waals surface area contributed by atoms with Crippen LogP contribution in [0.4, 0.5) is 0 Å². The molecule has 0 radical (unpaired) electrons. The van der Waals surface area contributed by atoms with Crippen molar-refractivity contribution in [2.75, 3.05) is 7.05 Å². The third kappa shape index (κ3) is 4.07. The molecule has 1 fully saturated rings. The lowest BCUT2D eigenvalue weighted by Crippen LogP contribution is -2.46. The van der Waals surface area contributed by atoms with Crippen molar-refractivity contribution in [3.63, 3.8) is 0 Å². The molecule has 116 valence electrons. The average molecular weight is 289 g/mol. The molecule has 1 aromatic carbocycles. The van der Waals surface area contributed by atoms with Crippen LogP contribution in [-0.4, -0.2) is 24.5 Å². The standard InChI is InChI=1S/C18H27NO2/c1-14(2)21-17-10-6-5-9-15(17)16(20)13-18(19-3)11-7-4-8-12-18/h5-6,9-10,14,19H,4,7-8,11-13H2,1-3H3. The van der Waals surface area contributed by atoms with Crippen LogP contribution in [0.5, 0.6) is 5.75 Å². The Hall–Kier alpha value is -1.35. The van der Waals surface area contributed by atoms with Gasteiger partial charge in [0.1, 0.15) is 5.75 Å². The molecule has 1 aliphatic rings. The van der Waals surface area contributed by atoms with Gasteiger partial charge in [0.05, 0.1) is 11.7 Å². The van der Waals surface area contributed by atoms with Gasteiger partial charge < -0.3 is 10.1 Å². The number of rotatable bonds is 6. The maximum atomic E-state index is 12.8. The Balaban J connectivity index is 2.16. The second-order valence-electron chi connectivity index (χ2n) is 6.35. The van der Waals surface area contributed by atoms with Gasteiger partial charge in [-0.05, 0) is 45.9 Å². The Kier molecular flexibility index (Phi) is 5.40. The third-order valence-corrected chi connectivity index (χ3v) is 4.39. The normalized spacial score (nSPS) is 17.7. The number of carbonyl (C=O) groups is 1. The second-order valence-corrected chi connectivity index (χ2v) is 6.35. The summed E-state index contributed by atoms with van der Waals surface area (Å²) < 4.78 is 5.78. The van der Waals surface area contributed by atoms with Gasteiger partial charge in [-0.3, -0.25) is 4.79 Å². The highest BCUT2D eigenvalue weighted by Gasteiger charge is 2.33. The summed E-state index contributed by atoms with van der Waals surface area (Å²) in [5.74, 6) is 0.891. The predicted molar refractivity (Wildman–Crippen MR) is 86.0 cm³/mol. The van der Waals surface area contributed by atoms with E-state index in [1.165, 1.54) is 19.3 Å². The van der Waals surface area contributed by atoms with Crippen LogP contribution in [0, 0.1) is 0 Å². The number of ether oxygens (including phenoxy) is 1. The number of hydrogen-bond acceptors (Lipinski definition) is 3. The number of nitrogens with one attached hydrogen (secondary N) is 1. The predicted octanol–water partition coefficient (Wildman–Crippen LogP) is 3.97. The van der Waals surface area contributed by atoms with E-state index in [1.807, 2.05) is 45.2 Å². The van der Waals surface area contributed by atoms with Gasteiger partial charge in [-0.25, -0.2) is 0 Å². The van der Waals surface area contributed by atoms with Crippen molar-refractivity contribution in [3.8, 4) is 5.75 Å². The van der Waals surface area contributed by atoms with Crippen LogP contribution in [0.15, 0.2) is 24.3 Å². The summed E-state index contributed by atoms with van der Waals surface area (Å²) >= 11 is 0.